The highest BCUT2D eigenvalue weighted by Gasteiger charge is 2.28. The summed E-state index contributed by atoms with van der Waals surface area (Å²) in [5.74, 6) is -0.486. The Morgan fingerprint density at radius 1 is 1.24 bits per heavy atom. The number of hydrogen-bond acceptors (Lipinski definition) is 5. The lowest BCUT2D eigenvalue weighted by Crippen LogP contribution is -2.32. The van der Waals surface area contributed by atoms with Crippen molar-refractivity contribution in [1.82, 2.24) is 0 Å². The van der Waals surface area contributed by atoms with Crippen LogP contribution in [0, 0.1) is 5.92 Å². The van der Waals surface area contributed by atoms with Crippen LogP contribution in [0.5, 0.6) is 0 Å². The molecule has 2 atom stereocenters. The zero-order valence-electron chi connectivity index (χ0n) is 13.6. The summed E-state index contributed by atoms with van der Waals surface area (Å²) in [4.78, 5) is 32.8. The van der Waals surface area contributed by atoms with E-state index in [-0.39, 0.29) is 11.9 Å². The van der Waals surface area contributed by atoms with Crippen LogP contribution in [0.1, 0.15) is 66.7 Å². The van der Waals surface area contributed by atoms with Crippen molar-refractivity contribution in [3.05, 3.63) is 0 Å². The number of ether oxygens (including phenoxy) is 1. The van der Waals surface area contributed by atoms with Gasteiger partial charge in [0.1, 0.15) is 11.7 Å². The van der Waals surface area contributed by atoms with Crippen molar-refractivity contribution >= 4 is 23.0 Å². The highest BCUT2D eigenvalue weighted by atomic mass is 35.5. The number of halogens is 1. The third kappa shape index (κ3) is 9.69. The first-order valence-corrected chi connectivity index (χ1v) is 7.85. The van der Waals surface area contributed by atoms with E-state index >= 15 is 0 Å². The zero-order valence-corrected chi connectivity index (χ0v) is 14.4. The van der Waals surface area contributed by atoms with Gasteiger partial charge in [-0.2, -0.15) is 4.89 Å². The Kier molecular flexibility index (Phi) is 9.62. The average Bonchev–Trinajstić information content (AvgIpc) is 2.35. The highest BCUT2D eigenvalue weighted by molar-refractivity contribution is 6.61. The molecular formula is C15H27ClO5. The molecular weight excluding hydrogens is 296 g/mol. The first kappa shape index (κ1) is 20.2. The monoisotopic (exact) mass is 322 g/mol. The second-order valence-electron chi connectivity index (χ2n) is 5.86. The molecule has 0 saturated carbocycles. The summed E-state index contributed by atoms with van der Waals surface area (Å²) in [6.45, 7) is 9.24. The Bertz CT molecular complexity index is 330. The Morgan fingerprint density at radius 3 is 2.33 bits per heavy atom. The fourth-order valence-electron chi connectivity index (χ4n) is 2.09. The largest absolute Gasteiger partial charge is 0.451 e. The molecule has 5 nitrogen and oxygen atoms in total. The smallest absolute Gasteiger partial charge is 0.404 e. The SMILES string of the molecule is CCCCC(CC)C(=O)OOC(C)(C)CC(C)OC(=O)Cl. The van der Waals surface area contributed by atoms with Crippen LogP contribution in [-0.2, 0) is 19.3 Å². The fourth-order valence-corrected chi connectivity index (χ4v) is 2.24. The molecule has 2 unspecified atom stereocenters. The molecule has 0 bridgehead atoms. The lowest BCUT2D eigenvalue weighted by atomic mass is 10.00. The quantitative estimate of drug-likeness (QED) is 0.334. The topological polar surface area (TPSA) is 61.8 Å². The summed E-state index contributed by atoms with van der Waals surface area (Å²) >= 11 is 5.15. The van der Waals surface area contributed by atoms with Crippen LogP contribution >= 0.6 is 11.6 Å². The molecule has 0 saturated heterocycles. The predicted molar refractivity (Wildman–Crippen MR) is 81.0 cm³/mol. The van der Waals surface area contributed by atoms with Gasteiger partial charge < -0.3 is 4.74 Å². The van der Waals surface area contributed by atoms with Crippen molar-refractivity contribution in [2.24, 2.45) is 5.92 Å². The van der Waals surface area contributed by atoms with Crippen molar-refractivity contribution in [3.8, 4) is 0 Å². The second-order valence-corrected chi connectivity index (χ2v) is 6.17. The van der Waals surface area contributed by atoms with E-state index in [9.17, 15) is 9.59 Å². The summed E-state index contributed by atoms with van der Waals surface area (Å²) in [7, 11) is 0. The lowest BCUT2D eigenvalue weighted by Gasteiger charge is -2.26. The van der Waals surface area contributed by atoms with E-state index in [1.165, 1.54) is 0 Å². The molecule has 0 N–H and O–H groups in total. The van der Waals surface area contributed by atoms with Crippen molar-refractivity contribution in [2.45, 2.75) is 78.4 Å². The zero-order chi connectivity index (χ0) is 16.5. The molecule has 0 aromatic heterocycles. The number of unbranched alkanes of at least 4 members (excludes halogenated alkanes) is 1. The van der Waals surface area contributed by atoms with Crippen molar-refractivity contribution < 1.29 is 24.1 Å². The van der Waals surface area contributed by atoms with E-state index in [1.807, 2.05) is 6.92 Å². The van der Waals surface area contributed by atoms with Gasteiger partial charge in [-0.3, -0.25) is 4.89 Å². The Labute approximate surface area is 132 Å². The highest BCUT2D eigenvalue weighted by Crippen LogP contribution is 2.21. The normalized spacial score (nSPS) is 14.4. The van der Waals surface area contributed by atoms with Gasteiger partial charge in [-0.15, -0.1) is 0 Å². The molecule has 0 spiro atoms. The molecule has 0 rings (SSSR count). The summed E-state index contributed by atoms with van der Waals surface area (Å²) in [5, 5.41) is 0. The predicted octanol–water partition coefficient (Wildman–Crippen LogP) is 4.61. The molecule has 0 heterocycles. The first-order valence-electron chi connectivity index (χ1n) is 7.47. The van der Waals surface area contributed by atoms with Crippen molar-refractivity contribution in [1.29, 1.82) is 0 Å². The molecule has 0 radical (unpaired) electrons. The van der Waals surface area contributed by atoms with Crippen LogP contribution < -0.4 is 0 Å². The number of hydrogen-bond donors (Lipinski definition) is 0. The van der Waals surface area contributed by atoms with Gasteiger partial charge in [-0.05, 0) is 33.6 Å². The van der Waals surface area contributed by atoms with Crippen LogP contribution in [0.15, 0.2) is 0 Å². The molecule has 0 fully saturated rings. The third-order valence-electron chi connectivity index (χ3n) is 3.15. The molecule has 0 aliphatic rings. The Morgan fingerprint density at radius 2 is 1.86 bits per heavy atom. The van der Waals surface area contributed by atoms with E-state index in [4.69, 9.17) is 26.1 Å². The number of carbonyl (C=O) groups is 2. The minimum Gasteiger partial charge on any atom is -0.451 e. The molecule has 0 aromatic rings. The number of rotatable bonds is 10. The van der Waals surface area contributed by atoms with E-state index in [0.29, 0.717) is 6.42 Å². The van der Waals surface area contributed by atoms with Gasteiger partial charge in [0, 0.05) is 18.0 Å². The van der Waals surface area contributed by atoms with E-state index in [1.54, 1.807) is 20.8 Å². The van der Waals surface area contributed by atoms with Gasteiger partial charge in [0.2, 0.25) is 0 Å². The Hall–Kier alpha value is -0.810. The van der Waals surface area contributed by atoms with Gasteiger partial charge in [-0.1, -0.05) is 26.7 Å². The minimum absolute atomic E-state index is 0.140. The molecule has 0 aliphatic heterocycles. The summed E-state index contributed by atoms with van der Waals surface area (Å²) in [5.41, 5.74) is -1.62. The second kappa shape index (κ2) is 10.0. The van der Waals surface area contributed by atoms with Crippen LogP contribution in [-0.4, -0.2) is 23.1 Å². The molecule has 6 heteroatoms. The van der Waals surface area contributed by atoms with Crippen molar-refractivity contribution in [3.63, 3.8) is 0 Å². The lowest BCUT2D eigenvalue weighted by molar-refractivity contribution is -0.331. The summed E-state index contributed by atoms with van der Waals surface area (Å²) in [6, 6.07) is 0. The van der Waals surface area contributed by atoms with E-state index in [2.05, 4.69) is 6.92 Å². The third-order valence-corrected chi connectivity index (χ3v) is 3.24. The summed E-state index contributed by atoms with van der Waals surface area (Å²) in [6.07, 6.45) is 3.49. The maximum Gasteiger partial charge on any atom is 0.404 e. The van der Waals surface area contributed by atoms with Crippen molar-refractivity contribution in [2.75, 3.05) is 0 Å². The van der Waals surface area contributed by atoms with Gasteiger partial charge >= 0.3 is 11.4 Å². The molecule has 124 valence electrons. The van der Waals surface area contributed by atoms with Crippen LogP contribution in [0.2, 0.25) is 0 Å². The van der Waals surface area contributed by atoms with Crippen LogP contribution in [0.4, 0.5) is 4.79 Å². The standard InChI is InChI=1S/C15H27ClO5/c1-6-8-9-12(7-2)13(17)20-21-15(4,5)10-11(3)19-14(16)18/h11-12H,6-10H2,1-5H3. The van der Waals surface area contributed by atoms with E-state index in [0.717, 1.165) is 25.7 Å². The average molecular weight is 323 g/mol. The van der Waals surface area contributed by atoms with Gasteiger partial charge in [0.25, 0.3) is 0 Å². The number of carbonyl (C=O) groups excluding carboxylic acids is 2. The minimum atomic E-state index is -0.860. The van der Waals surface area contributed by atoms with Gasteiger partial charge in [-0.25, -0.2) is 9.59 Å². The Balaban J connectivity index is 4.26. The first-order chi connectivity index (χ1) is 9.71. The van der Waals surface area contributed by atoms with Gasteiger partial charge in [0.05, 0.1) is 5.92 Å². The molecule has 21 heavy (non-hydrogen) atoms. The van der Waals surface area contributed by atoms with Gasteiger partial charge in [0.15, 0.2) is 0 Å². The van der Waals surface area contributed by atoms with Crippen LogP contribution in [0.3, 0.4) is 0 Å². The maximum atomic E-state index is 11.9. The molecule has 0 amide bonds. The fraction of sp³-hybridized carbons (Fsp3) is 0.867. The van der Waals surface area contributed by atoms with E-state index < -0.39 is 17.1 Å². The molecule has 0 aliphatic carbocycles. The summed E-state index contributed by atoms with van der Waals surface area (Å²) < 4.78 is 4.82. The molecule has 0 aromatic carbocycles. The maximum absolute atomic E-state index is 11.9. The van der Waals surface area contributed by atoms with Crippen LogP contribution in [0.25, 0.3) is 0 Å².